The lowest BCUT2D eigenvalue weighted by Gasteiger charge is -2.28. The molecule has 0 aliphatic carbocycles. The number of oxazole rings is 1. The highest BCUT2D eigenvalue weighted by Gasteiger charge is 2.22. The third-order valence-electron chi connectivity index (χ3n) is 4.98. The number of aromatic nitrogens is 3. The summed E-state index contributed by atoms with van der Waals surface area (Å²) in [6, 6.07) is 18.2. The van der Waals surface area contributed by atoms with E-state index in [1.165, 1.54) is 5.56 Å². The number of benzene rings is 2. The van der Waals surface area contributed by atoms with Crippen molar-refractivity contribution in [1.29, 1.82) is 0 Å². The third-order valence-corrected chi connectivity index (χ3v) is 4.98. The maximum absolute atomic E-state index is 6.15. The SMILES string of the molecule is Cc1ccc(-c2nc(N3CCNCC3)c3oc(-c4ccccc4)nc3n2)cc1. The quantitative estimate of drug-likeness (QED) is 0.593. The average Bonchev–Trinajstić information content (AvgIpc) is 3.19. The van der Waals surface area contributed by atoms with Crippen LogP contribution in [0.3, 0.4) is 0 Å². The molecule has 140 valence electrons. The van der Waals surface area contributed by atoms with Crippen LogP contribution in [0.1, 0.15) is 5.56 Å². The van der Waals surface area contributed by atoms with Crippen molar-refractivity contribution < 1.29 is 4.42 Å². The topological polar surface area (TPSA) is 67.1 Å². The summed E-state index contributed by atoms with van der Waals surface area (Å²) in [5, 5.41) is 3.38. The Kier molecular flexibility index (Phi) is 4.25. The van der Waals surface area contributed by atoms with E-state index in [-0.39, 0.29) is 0 Å². The Morgan fingerprint density at radius 1 is 0.857 bits per heavy atom. The minimum atomic E-state index is 0.572. The zero-order valence-electron chi connectivity index (χ0n) is 15.7. The van der Waals surface area contributed by atoms with Crippen molar-refractivity contribution in [2.75, 3.05) is 31.1 Å². The minimum absolute atomic E-state index is 0.572. The second-order valence-corrected chi connectivity index (χ2v) is 7.01. The van der Waals surface area contributed by atoms with Crippen LogP contribution in [0.25, 0.3) is 34.1 Å². The molecule has 6 heteroatoms. The van der Waals surface area contributed by atoms with E-state index >= 15 is 0 Å². The van der Waals surface area contributed by atoms with Crippen molar-refractivity contribution in [3.63, 3.8) is 0 Å². The largest absolute Gasteiger partial charge is 0.430 e. The van der Waals surface area contributed by atoms with Gasteiger partial charge >= 0.3 is 0 Å². The van der Waals surface area contributed by atoms with Gasteiger partial charge < -0.3 is 14.6 Å². The number of fused-ring (bicyclic) bond motifs is 1. The maximum Gasteiger partial charge on any atom is 0.229 e. The van der Waals surface area contributed by atoms with Gasteiger partial charge in [-0.3, -0.25) is 0 Å². The number of hydrogen-bond donors (Lipinski definition) is 1. The van der Waals surface area contributed by atoms with Crippen LogP contribution in [0.4, 0.5) is 5.82 Å². The van der Waals surface area contributed by atoms with E-state index in [2.05, 4.69) is 46.4 Å². The first-order valence-electron chi connectivity index (χ1n) is 9.55. The molecule has 2 aromatic heterocycles. The summed E-state index contributed by atoms with van der Waals surface area (Å²) < 4.78 is 6.15. The highest BCUT2D eigenvalue weighted by molar-refractivity contribution is 5.85. The molecule has 1 fully saturated rings. The van der Waals surface area contributed by atoms with Crippen LogP contribution in [0.5, 0.6) is 0 Å². The van der Waals surface area contributed by atoms with E-state index in [0.717, 1.165) is 43.1 Å². The normalized spacial score (nSPS) is 14.5. The summed E-state index contributed by atoms with van der Waals surface area (Å²) in [5.74, 6) is 2.06. The molecular formula is C22H21N5O. The Bertz CT molecular complexity index is 1100. The van der Waals surface area contributed by atoms with E-state index in [4.69, 9.17) is 14.4 Å². The summed E-state index contributed by atoms with van der Waals surface area (Å²) in [6.45, 7) is 5.67. The molecule has 0 saturated carbocycles. The molecule has 1 N–H and O–H groups in total. The highest BCUT2D eigenvalue weighted by Crippen LogP contribution is 2.31. The monoisotopic (exact) mass is 371 g/mol. The second kappa shape index (κ2) is 7.05. The Morgan fingerprint density at radius 2 is 1.61 bits per heavy atom. The van der Waals surface area contributed by atoms with Crippen LogP contribution in [-0.2, 0) is 0 Å². The van der Waals surface area contributed by atoms with Crippen molar-refractivity contribution >= 4 is 17.0 Å². The van der Waals surface area contributed by atoms with Crippen molar-refractivity contribution in [1.82, 2.24) is 20.3 Å². The van der Waals surface area contributed by atoms with Crippen LogP contribution in [0, 0.1) is 6.92 Å². The summed E-state index contributed by atoms with van der Waals surface area (Å²) in [4.78, 5) is 16.5. The summed E-state index contributed by atoms with van der Waals surface area (Å²) in [6.07, 6.45) is 0. The van der Waals surface area contributed by atoms with Gasteiger partial charge in [0.25, 0.3) is 0 Å². The van der Waals surface area contributed by atoms with Gasteiger partial charge in [-0.2, -0.15) is 4.98 Å². The molecule has 0 atom stereocenters. The van der Waals surface area contributed by atoms with Crippen molar-refractivity contribution in [3.05, 3.63) is 60.2 Å². The molecule has 1 saturated heterocycles. The summed E-state index contributed by atoms with van der Waals surface area (Å²) >= 11 is 0. The second-order valence-electron chi connectivity index (χ2n) is 7.01. The van der Waals surface area contributed by atoms with Gasteiger partial charge in [-0.05, 0) is 19.1 Å². The summed E-state index contributed by atoms with van der Waals surface area (Å²) in [5.41, 5.74) is 4.37. The number of rotatable bonds is 3. The van der Waals surface area contributed by atoms with E-state index in [0.29, 0.717) is 22.9 Å². The zero-order chi connectivity index (χ0) is 18.9. The van der Waals surface area contributed by atoms with E-state index in [9.17, 15) is 0 Å². The highest BCUT2D eigenvalue weighted by atomic mass is 16.4. The van der Waals surface area contributed by atoms with Crippen molar-refractivity contribution in [2.45, 2.75) is 6.92 Å². The van der Waals surface area contributed by atoms with Gasteiger partial charge in [-0.25, -0.2) is 9.97 Å². The molecule has 0 spiro atoms. The molecule has 0 unspecified atom stereocenters. The van der Waals surface area contributed by atoms with E-state index < -0.39 is 0 Å². The molecular weight excluding hydrogens is 350 g/mol. The molecule has 5 rings (SSSR count). The van der Waals surface area contributed by atoms with Gasteiger partial charge in [0.05, 0.1) is 0 Å². The van der Waals surface area contributed by atoms with Crippen molar-refractivity contribution in [3.8, 4) is 22.8 Å². The van der Waals surface area contributed by atoms with Gasteiger partial charge in [0, 0.05) is 37.3 Å². The molecule has 1 aliphatic rings. The Labute approximate surface area is 163 Å². The van der Waals surface area contributed by atoms with E-state index in [1.807, 2.05) is 30.3 Å². The summed E-state index contributed by atoms with van der Waals surface area (Å²) in [7, 11) is 0. The number of hydrogen-bond acceptors (Lipinski definition) is 6. The maximum atomic E-state index is 6.15. The van der Waals surface area contributed by atoms with Gasteiger partial charge in [-0.1, -0.05) is 48.0 Å². The molecule has 1 aliphatic heterocycles. The smallest absolute Gasteiger partial charge is 0.229 e. The fourth-order valence-corrected chi connectivity index (χ4v) is 3.44. The predicted octanol–water partition coefficient (Wildman–Crippen LogP) is 3.67. The van der Waals surface area contributed by atoms with Gasteiger partial charge in [0.1, 0.15) is 0 Å². The van der Waals surface area contributed by atoms with Gasteiger partial charge in [-0.15, -0.1) is 0 Å². The number of nitrogens with zero attached hydrogens (tertiary/aromatic N) is 4. The molecule has 0 amide bonds. The number of aryl methyl sites for hydroxylation is 1. The molecule has 0 radical (unpaired) electrons. The lowest BCUT2D eigenvalue weighted by Crippen LogP contribution is -2.44. The fraction of sp³-hybridized carbons (Fsp3) is 0.227. The predicted molar refractivity (Wildman–Crippen MR) is 110 cm³/mol. The first-order valence-corrected chi connectivity index (χ1v) is 9.55. The van der Waals surface area contributed by atoms with Gasteiger partial charge in [0.2, 0.25) is 17.1 Å². The molecule has 3 heterocycles. The first-order chi connectivity index (χ1) is 13.8. The number of piperazine rings is 1. The minimum Gasteiger partial charge on any atom is -0.430 e. The first kappa shape index (κ1) is 16.9. The van der Waals surface area contributed by atoms with E-state index in [1.54, 1.807) is 0 Å². The molecule has 6 nitrogen and oxygen atoms in total. The van der Waals surface area contributed by atoms with Crippen LogP contribution in [0.15, 0.2) is 59.0 Å². The Hall–Kier alpha value is -3.25. The lowest BCUT2D eigenvalue weighted by atomic mass is 10.1. The zero-order valence-corrected chi connectivity index (χ0v) is 15.7. The Morgan fingerprint density at radius 3 is 2.36 bits per heavy atom. The van der Waals surface area contributed by atoms with Gasteiger partial charge in [0.15, 0.2) is 11.6 Å². The van der Waals surface area contributed by atoms with Crippen LogP contribution >= 0.6 is 0 Å². The molecule has 2 aromatic carbocycles. The average molecular weight is 371 g/mol. The van der Waals surface area contributed by atoms with Crippen molar-refractivity contribution in [2.24, 2.45) is 0 Å². The molecule has 28 heavy (non-hydrogen) atoms. The third kappa shape index (κ3) is 3.12. The molecule has 0 bridgehead atoms. The van der Waals surface area contributed by atoms with Crippen LogP contribution in [-0.4, -0.2) is 41.1 Å². The lowest BCUT2D eigenvalue weighted by molar-refractivity contribution is 0.575. The fourth-order valence-electron chi connectivity index (χ4n) is 3.44. The molecule has 4 aromatic rings. The Balaban J connectivity index is 1.68. The number of nitrogens with one attached hydrogen (secondary N) is 1. The van der Waals surface area contributed by atoms with Crippen LogP contribution < -0.4 is 10.2 Å². The van der Waals surface area contributed by atoms with Crippen LogP contribution in [0.2, 0.25) is 0 Å². The standard InChI is InChI=1S/C22H21N5O/c1-15-7-9-16(10-8-15)19-24-20-18(21(25-19)27-13-11-23-12-14-27)28-22(26-20)17-5-3-2-4-6-17/h2-10,23H,11-14H2,1H3. The number of anilines is 1.